The van der Waals surface area contributed by atoms with Crippen LogP contribution in [0.4, 0.5) is 15.3 Å². The van der Waals surface area contributed by atoms with Crippen LogP contribution in [0.1, 0.15) is 54.4 Å². The lowest BCUT2D eigenvalue weighted by atomic mass is 9.96. The number of carbonyl (C=O) groups excluding carboxylic acids is 4. The Balaban J connectivity index is 1.65. The number of hydrogen-bond acceptors (Lipinski definition) is 7. The molecule has 1 heterocycles. The lowest BCUT2D eigenvalue weighted by molar-refractivity contribution is -0.125. The number of alkyl carbamates (subject to hydrolysis) is 1. The van der Waals surface area contributed by atoms with E-state index in [1.807, 2.05) is 30.3 Å². The Morgan fingerprint density at radius 3 is 2.07 bits per heavy atom. The van der Waals surface area contributed by atoms with Crippen LogP contribution in [0.2, 0.25) is 0 Å². The van der Waals surface area contributed by atoms with Crippen molar-refractivity contribution in [2.24, 2.45) is 0 Å². The molecule has 0 unspecified atom stereocenters. The molecule has 222 valence electrons. The van der Waals surface area contributed by atoms with Crippen molar-refractivity contribution in [2.75, 3.05) is 18.4 Å². The lowest BCUT2D eigenvalue weighted by Crippen LogP contribution is -2.57. The van der Waals surface area contributed by atoms with E-state index in [4.69, 9.17) is 14.2 Å². The molecule has 0 bridgehead atoms. The molecule has 41 heavy (non-hydrogen) atoms. The van der Waals surface area contributed by atoms with Crippen LogP contribution in [0.15, 0.2) is 54.6 Å². The highest BCUT2D eigenvalue weighted by Gasteiger charge is 2.39. The first-order valence-corrected chi connectivity index (χ1v) is 13.6. The zero-order valence-electron chi connectivity index (χ0n) is 24.5. The summed E-state index contributed by atoms with van der Waals surface area (Å²) < 4.78 is 16.5. The number of benzene rings is 2. The number of amides is 4. The molecule has 11 nitrogen and oxygen atoms in total. The van der Waals surface area contributed by atoms with Gasteiger partial charge in [-0.2, -0.15) is 0 Å². The van der Waals surface area contributed by atoms with Crippen LogP contribution in [0, 0.1) is 0 Å². The molecule has 1 aliphatic heterocycles. The quantitative estimate of drug-likeness (QED) is 0.436. The van der Waals surface area contributed by atoms with Gasteiger partial charge in [0.25, 0.3) is 0 Å². The van der Waals surface area contributed by atoms with Crippen LogP contribution in [0.5, 0.6) is 11.5 Å². The summed E-state index contributed by atoms with van der Waals surface area (Å²) >= 11 is 0. The lowest BCUT2D eigenvalue weighted by Gasteiger charge is -2.39. The summed E-state index contributed by atoms with van der Waals surface area (Å²) in [5, 5.41) is 8.12. The molecule has 11 heteroatoms. The summed E-state index contributed by atoms with van der Waals surface area (Å²) in [6.07, 6.45) is -0.740. The van der Waals surface area contributed by atoms with E-state index in [0.29, 0.717) is 23.6 Å². The van der Waals surface area contributed by atoms with Crippen LogP contribution in [-0.4, -0.2) is 65.3 Å². The first kappa shape index (κ1) is 31.3. The molecule has 0 radical (unpaired) electrons. The van der Waals surface area contributed by atoms with Gasteiger partial charge in [0.05, 0.1) is 0 Å². The standard InChI is InChI=1S/C30H40N4O7/c1-29(2,3)40-27(37)31-19-25(35)32-21-16-17-34(28(38)41-30(4,5)6)24(18-21)26(36)33-20-12-14-23(15-13-20)39-22-10-8-7-9-11-22/h7-15,21,24H,16-19H2,1-6H3,(H,31,37)(H,32,35)(H,33,36)/t21-,24-/m0/s1. The molecular formula is C30H40N4O7. The number of anilines is 1. The molecule has 1 fully saturated rings. The number of piperidine rings is 1. The fourth-order valence-electron chi connectivity index (χ4n) is 4.09. The molecule has 2 atom stereocenters. The van der Waals surface area contributed by atoms with E-state index in [0.717, 1.165) is 0 Å². The highest BCUT2D eigenvalue weighted by Crippen LogP contribution is 2.25. The highest BCUT2D eigenvalue weighted by molar-refractivity contribution is 5.97. The molecule has 3 rings (SSSR count). The second-order valence-electron chi connectivity index (χ2n) is 11.8. The Morgan fingerprint density at radius 2 is 1.46 bits per heavy atom. The average molecular weight is 569 g/mol. The molecule has 0 spiro atoms. The van der Waals surface area contributed by atoms with E-state index in [-0.39, 0.29) is 19.5 Å². The maximum atomic E-state index is 13.4. The van der Waals surface area contributed by atoms with Crippen molar-refractivity contribution in [1.82, 2.24) is 15.5 Å². The number of carbonyl (C=O) groups is 4. The van der Waals surface area contributed by atoms with Crippen LogP contribution >= 0.6 is 0 Å². The molecule has 2 aromatic rings. The maximum absolute atomic E-state index is 13.4. The Kier molecular flexibility index (Phi) is 10.2. The highest BCUT2D eigenvalue weighted by atomic mass is 16.6. The topological polar surface area (TPSA) is 135 Å². The van der Waals surface area contributed by atoms with E-state index in [9.17, 15) is 19.2 Å². The third kappa shape index (κ3) is 10.7. The number of rotatable bonds is 7. The first-order valence-electron chi connectivity index (χ1n) is 13.6. The summed E-state index contributed by atoms with van der Waals surface area (Å²) in [7, 11) is 0. The predicted molar refractivity (Wildman–Crippen MR) is 154 cm³/mol. The van der Waals surface area contributed by atoms with E-state index >= 15 is 0 Å². The average Bonchev–Trinajstić information content (AvgIpc) is 2.87. The minimum absolute atomic E-state index is 0.165. The molecule has 0 saturated carbocycles. The number of nitrogens with one attached hydrogen (secondary N) is 3. The van der Waals surface area contributed by atoms with E-state index in [2.05, 4.69) is 16.0 Å². The summed E-state index contributed by atoms with van der Waals surface area (Å²) in [5.41, 5.74) is -0.914. The van der Waals surface area contributed by atoms with Crippen molar-refractivity contribution in [1.29, 1.82) is 0 Å². The van der Waals surface area contributed by atoms with Crippen LogP contribution in [0.25, 0.3) is 0 Å². The van der Waals surface area contributed by atoms with Crippen LogP contribution in [-0.2, 0) is 19.1 Å². The van der Waals surface area contributed by atoms with E-state index in [1.165, 1.54) is 4.90 Å². The number of hydrogen-bond donors (Lipinski definition) is 3. The van der Waals surface area contributed by atoms with Crippen molar-refractivity contribution >= 4 is 29.7 Å². The van der Waals surface area contributed by atoms with E-state index < -0.39 is 47.3 Å². The van der Waals surface area contributed by atoms with Gasteiger partial charge in [-0.3, -0.25) is 14.5 Å². The third-order valence-electron chi connectivity index (χ3n) is 5.79. The first-order chi connectivity index (χ1) is 19.2. The normalized spacial score (nSPS) is 17.2. The summed E-state index contributed by atoms with van der Waals surface area (Å²) in [6, 6.07) is 14.9. The molecule has 1 aliphatic rings. The van der Waals surface area contributed by atoms with Crippen LogP contribution < -0.4 is 20.7 Å². The molecule has 0 aromatic heterocycles. The van der Waals surface area contributed by atoms with Crippen molar-refractivity contribution in [3.05, 3.63) is 54.6 Å². The van der Waals surface area contributed by atoms with Gasteiger partial charge in [-0.15, -0.1) is 0 Å². The van der Waals surface area contributed by atoms with Gasteiger partial charge >= 0.3 is 12.2 Å². The van der Waals surface area contributed by atoms with Gasteiger partial charge in [-0.1, -0.05) is 18.2 Å². The molecule has 1 saturated heterocycles. The Bertz CT molecular complexity index is 1200. The summed E-state index contributed by atoms with van der Waals surface area (Å²) in [4.78, 5) is 52.2. The number of ether oxygens (including phenoxy) is 3. The van der Waals surface area contributed by atoms with Gasteiger partial charge in [0.2, 0.25) is 11.8 Å². The maximum Gasteiger partial charge on any atom is 0.410 e. The second kappa shape index (κ2) is 13.4. The predicted octanol–water partition coefficient (Wildman–Crippen LogP) is 4.83. The monoisotopic (exact) mass is 568 g/mol. The summed E-state index contributed by atoms with van der Waals surface area (Å²) in [6.45, 7) is 10.4. The summed E-state index contributed by atoms with van der Waals surface area (Å²) in [5.74, 6) is 0.442. The number of likely N-dealkylation sites (tertiary alicyclic amines) is 1. The zero-order chi connectivity index (χ0) is 30.2. The van der Waals surface area contributed by atoms with Gasteiger partial charge in [-0.25, -0.2) is 9.59 Å². The fraction of sp³-hybridized carbons (Fsp3) is 0.467. The number of nitrogens with zero attached hydrogens (tertiary/aromatic N) is 1. The number of para-hydroxylation sites is 1. The fourth-order valence-corrected chi connectivity index (χ4v) is 4.09. The molecule has 4 amide bonds. The van der Waals surface area contributed by atoms with Crippen molar-refractivity contribution in [2.45, 2.75) is 77.7 Å². The van der Waals surface area contributed by atoms with Crippen molar-refractivity contribution in [3.8, 4) is 11.5 Å². The second-order valence-corrected chi connectivity index (χ2v) is 11.8. The molecule has 2 aromatic carbocycles. The smallest absolute Gasteiger partial charge is 0.410 e. The third-order valence-corrected chi connectivity index (χ3v) is 5.79. The molecular weight excluding hydrogens is 528 g/mol. The van der Waals surface area contributed by atoms with Gasteiger partial charge < -0.3 is 30.2 Å². The van der Waals surface area contributed by atoms with Crippen LogP contribution in [0.3, 0.4) is 0 Å². The van der Waals surface area contributed by atoms with Gasteiger partial charge in [0.15, 0.2) is 0 Å². The molecule has 3 N–H and O–H groups in total. The van der Waals surface area contributed by atoms with Gasteiger partial charge in [0, 0.05) is 18.3 Å². The minimum atomic E-state index is -0.900. The Labute approximate surface area is 240 Å². The largest absolute Gasteiger partial charge is 0.457 e. The Morgan fingerprint density at radius 1 is 0.854 bits per heavy atom. The SMILES string of the molecule is CC(C)(C)OC(=O)NCC(=O)N[C@H]1CCN(C(=O)OC(C)(C)C)[C@H](C(=O)Nc2ccc(Oc3ccccc3)cc2)C1. The van der Waals surface area contributed by atoms with Gasteiger partial charge in [-0.05, 0) is 90.8 Å². The zero-order valence-corrected chi connectivity index (χ0v) is 24.5. The van der Waals surface area contributed by atoms with Gasteiger partial charge in [0.1, 0.15) is 35.3 Å². The van der Waals surface area contributed by atoms with E-state index in [1.54, 1.807) is 65.8 Å². The Hall–Kier alpha value is -4.28. The minimum Gasteiger partial charge on any atom is -0.457 e. The van der Waals surface area contributed by atoms with Crippen molar-refractivity contribution in [3.63, 3.8) is 0 Å². The van der Waals surface area contributed by atoms with Crippen molar-refractivity contribution < 1.29 is 33.4 Å². The molecule has 0 aliphatic carbocycles.